The van der Waals surface area contributed by atoms with Gasteiger partial charge in [-0.15, -0.1) is 0 Å². The van der Waals surface area contributed by atoms with Crippen molar-refractivity contribution in [3.8, 4) is 11.5 Å². The van der Waals surface area contributed by atoms with Gasteiger partial charge in [-0.3, -0.25) is 0 Å². The highest BCUT2D eigenvalue weighted by Gasteiger charge is 2.31. The van der Waals surface area contributed by atoms with Crippen LogP contribution in [0.15, 0.2) is 72.8 Å². The summed E-state index contributed by atoms with van der Waals surface area (Å²) in [7, 11) is 1.36. The van der Waals surface area contributed by atoms with Gasteiger partial charge in [0.1, 0.15) is 11.5 Å². The molecule has 0 aliphatic carbocycles. The lowest BCUT2D eigenvalue weighted by atomic mass is 9.71. The van der Waals surface area contributed by atoms with E-state index in [0.29, 0.717) is 5.56 Å². The van der Waals surface area contributed by atoms with Gasteiger partial charge in [0, 0.05) is 5.41 Å². The highest BCUT2D eigenvalue weighted by atomic mass is 16.5. The van der Waals surface area contributed by atoms with E-state index in [9.17, 15) is 15.0 Å². The number of hydrogen-bond acceptors (Lipinski definition) is 4. The summed E-state index contributed by atoms with van der Waals surface area (Å²) in [6.07, 6.45) is 0. The van der Waals surface area contributed by atoms with Gasteiger partial charge in [0.15, 0.2) is 0 Å². The minimum absolute atomic E-state index is 0.185. The minimum Gasteiger partial charge on any atom is -0.508 e. The van der Waals surface area contributed by atoms with Gasteiger partial charge in [-0.05, 0) is 60.0 Å². The molecule has 0 fully saturated rings. The van der Waals surface area contributed by atoms with E-state index in [1.54, 1.807) is 30.3 Å². The van der Waals surface area contributed by atoms with Gasteiger partial charge in [0.2, 0.25) is 0 Å². The van der Waals surface area contributed by atoms with Crippen LogP contribution in [0.4, 0.5) is 0 Å². The molecule has 0 aliphatic heterocycles. The second kappa shape index (κ2) is 6.92. The third kappa shape index (κ3) is 3.14. The molecule has 0 amide bonds. The molecule has 0 bridgehead atoms. The first-order chi connectivity index (χ1) is 12.4. The van der Waals surface area contributed by atoms with Crippen molar-refractivity contribution < 1.29 is 19.7 Å². The summed E-state index contributed by atoms with van der Waals surface area (Å²) in [5, 5.41) is 19.3. The van der Waals surface area contributed by atoms with Crippen molar-refractivity contribution in [3.63, 3.8) is 0 Å². The zero-order valence-corrected chi connectivity index (χ0v) is 14.6. The molecule has 0 aromatic heterocycles. The fraction of sp³-hybridized carbons (Fsp3) is 0.136. The number of rotatable bonds is 4. The van der Waals surface area contributed by atoms with E-state index in [1.165, 1.54) is 7.11 Å². The molecule has 0 spiro atoms. The van der Waals surface area contributed by atoms with Crippen molar-refractivity contribution in [2.45, 2.75) is 12.3 Å². The summed E-state index contributed by atoms with van der Waals surface area (Å²) in [6, 6.07) is 21.3. The minimum atomic E-state index is -0.592. The van der Waals surface area contributed by atoms with E-state index >= 15 is 0 Å². The largest absolute Gasteiger partial charge is 0.508 e. The molecular formula is C22H20O4. The molecule has 3 aromatic rings. The van der Waals surface area contributed by atoms with Gasteiger partial charge in [-0.1, -0.05) is 36.4 Å². The normalized spacial score (nSPS) is 11.2. The molecule has 0 aliphatic rings. The third-order valence-corrected chi connectivity index (χ3v) is 4.75. The van der Waals surface area contributed by atoms with Crippen molar-refractivity contribution >= 4 is 5.97 Å². The zero-order valence-electron chi connectivity index (χ0n) is 14.6. The van der Waals surface area contributed by atoms with Gasteiger partial charge < -0.3 is 14.9 Å². The molecule has 3 rings (SSSR count). The Labute approximate surface area is 152 Å². The van der Waals surface area contributed by atoms with Gasteiger partial charge in [0.05, 0.1) is 12.7 Å². The molecule has 0 radical (unpaired) electrons. The van der Waals surface area contributed by atoms with Crippen LogP contribution in [0.25, 0.3) is 0 Å². The average Bonchev–Trinajstić information content (AvgIpc) is 2.68. The first kappa shape index (κ1) is 17.5. The van der Waals surface area contributed by atoms with Crippen LogP contribution in [0.2, 0.25) is 0 Å². The summed E-state index contributed by atoms with van der Waals surface area (Å²) in [5.74, 6) is -0.0270. The van der Waals surface area contributed by atoms with Crippen LogP contribution in [-0.4, -0.2) is 23.3 Å². The predicted molar refractivity (Wildman–Crippen MR) is 99.6 cm³/mol. The van der Waals surface area contributed by atoms with E-state index < -0.39 is 11.4 Å². The van der Waals surface area contributed by atoms with E-state index in [-0.39, 0.29) is 11.5 Å². The van der Waals surface area contributed by atoms with Crippen LogP contribution in [0.3, 0.4) is 0 Å². The molecule has 4 nitrogen and oxygen atoms in total. The van der Waals surface area contributed by atoms with Crippen LogP contribution < -0.4 is 0 Å². The Morgan fingerprint density at radius 1 is 0.808 bits per heavy atom. The lowest BCUT2D eigenvalue weighted by Gasteiger charge is -2.32. The second-order valence-corrected chi connectivity index (χ2v) is 6.29. The molecule has 26 heavy (non-hydrogen) atoms. The van der Waals surface area contributed by atoms with E-state index in [1.807, 2.05) is 49.4 Å². The Bertz CT molecular complexity index is 866. The lowest BCUT2D eigenvalue weighted by molar-refractivity contribution is 0.0600. The molecule has 4 heteroatoms. The second-order valence-electron chi connectivity index (χ2n) is 6.29. The summed E-state index contributed by atoms with van der Waals surface area (Å²) >= 11 is 0. The Morgan fingerprint density at radius 2 is 1.31 bits per heavy atom. The number of phenols is 2. The number of esters is 1. The molecule has 0 unspecified atom stereocenters. The molecule has 0 saturated heterocycles. The quantitative estimate of drug-likeness (QED) is 0.547. The number of methoxy groups -OCH3 is 1. The topological polar surface area (TPSA) is 66.8 Å². The van der Waals surface area contributed by atoms with Crippen LogP contribution in [-0.2, 0) is 10.2 Å². The van der Waals surface area contributed by atoms with E-state index in [4.69, 9.17) is 4.74 Å². The number of phenolic OH excluding ortho intramolecular Hbond substituents is 2. The van der Waals surface area contributed by atoms with Gasteiger partial charge in [-0.2, -0.15) is 0 Å². The number of hydrogen-bond donors (Lipinski definition) is 2. The van der Waals surface area contributed by atoms with Crippen molar-refractivity contribution in [3.05, 3.63) is 95.1 Å². The fourth-order valence-electron chi connectivity index (χ4n) is 3.16. The molecule has 0 heterocycles. The molecule has 2 N–H and O–H groups in total. The Kier molecular flexibility index (Phi) is 4.67. The summed E-state index contributed by atoms with van der Waals surface area (Å²) in [5.41, 5.74) is 2.67. The first-order valence-electron chi connectivity index (χ1n) is 8.23. The molecule has 0 atom stereocenters. The zero-order chi connectivity index (χ0) is 18.7. The van der Waals surface area contributed by atoms with Gasteiger partial charge in [0.25, 0.3) is 0 Å². The van der Waals surface area contributed by atoms with Crippen LogP contribution in [0.1, 0.15) is 34.0 Å². The molecule has 0 saturated carbocycles. The van der Waals surface area contributed by atoms with Crippen molar-refractivity contribution in [1.29, 1.82) is 0 Å². The molecule has 132 valence electrons. The van der Waals surface area contributed by atoms with Crippen LogP contribution in [0.5, 0.6) is 11.5 Å². The Morgan fingerprint density at radius 3 is 1.77 bits per heavy atom. The Hall–Kier alpha value is -3.27. The van der Waals surface area contributed by atoms with Gasteiger partial charge in [-0.25, -0.2) is 4.79 Å². The average molecular weight is 348 g/mol. The number of benzene rings is 3. The van der Waals surface area contributed by atoms with Crippen molar-refractivity contribution in [2.75, 3.05) is 7.11 Å². The highest BCUT2D eigenvalue weighted by Crippen LogP contribution is 2.40. The standard InChI is InChI=1S/C22H20O4/c1-22(16-6-10-19(23)11-7-16,17-8-12-20(24)13-9-17)18-5-3-4-15(14-18)21(25)26-2/h3-14,23-24H,1-2H3. The van der Waals surface area contributed by atoms with E-state index in [2.05, 4.69) is 0 Å². The maximum absolute atomic E-state index is 12.0. The van der Waals surface area contributed by atoms with Crippen molar-refractivity contribution in [2.24, 2.45) is 0 Å². The lowest BCUT2D eigenvalue weighted by Crippen LogP contribution is -2.25. The number of carbonyl (C=O) groups is 1. The Balaban J connectivity index is 2.22. The van der Waals surface area contributed by atoms with Gasteiger partial charge >= 0.3 is 5.97 Å². The SMILES string of the molecule is COC(=O)c1cccc(C(C)(c2ccc(O)cc2)c2ccc(O)cc2)c1. The van der Waals surface area contributed by atoms with Crippen LogP contribution >= 0.6 is 0 Å². The number of ether oxygens (including phenoxy) is 1. The monoisotopic (exact) mass is 348 g/mol. The summed E-state index contributed by atoms with van der Waals surface area (Å²) in [4.78, 5) is 12.0. The van der Waals surface area contributed by atoms with Crippen LogP contribution in [0, 0.1) is 0 Å². The maximum Gasteiger partial charge on any atom is 0.337 e. The fourth-order valence-corrected chi connectivity index (χ4v) is 3.16. The number of carbonyl (C=O) groups excluding carboxylic acids is 1. The number of aromatic hydroxyl groups is 2. The first-order valence-corrected chi connectivity index (χ1v) is 8.23. The highest BCUT2D eigenvalue weighted by molar-refractivity contribution is 5.89. The third-order valence-electron chi connectivity index (χ3n) is 4.75. The van der Waals surface area contributed by atoms with E-state index in [0.717, 1.165) is 16.7 Å². The van der Waals surface area contributed by atoms with Crippen molar-refractivity contribution in [1.82, 2.24) is 0 Å². The molecular weight excluding hydrogens is 328 g/mol. The predicted octanol–water partition coefficient (Wildman–Crippen LogP) is 4.24. The molecule has 3 aromatic carbocycles. The summed E-state index contributed by atoms with van der Waals surface area (Å²) in [6.45, 7) is 2.04. The maximum atomic E-state index is 12.0. The smallest absolute Gasteiger partial charge is 0.337 e. The summed E-state index contributed by atoms with van der Waals surface area (Å²) < 4.78 is 4.84.